The highest BCUT2D eigenvalue weighted by molar-refractivity contribution is 7.89. The van der Waals surface area contributed by atoms with Gasteiger partial charge in [0.25, 0.3) is 0 Å². The van der Waals surface area contributed by atoms with Crippen molar-refractivity contribution in [2.24, 2.45) is 0 Å². The molecule has 0 fully saturated rings. The van der Waals surface area contributed by atoms with Crippen LogP contribution >= 0.6 is 0 Å². The Morgan fingerprint density at radius 3 is 2.71 bits per heavy atom. The Kier molecular flexibility index (Phi) is 5.30. The molecule has 0 unspecified atom stereocenters. The van der Waals surface area contributed by atoms with Crippen LogP contribution in [0.5, 0.6) is 0 Å². The Balaban J connectivity index is 1.80. The summed E-state index contributed by atoms with van der Waals surface area (Å²) in [5.41, 5.74) is 4.66. The van der Waals surface area contributed by atoms with Crippen LogP contribution in [0.2, 0.25) is 0 Å². The van der Waals surface area contributed by atoms with Crippen molar-refractivity contribution in [3.8, 4) is 11.3 Å². The lowest BCUT2D eigenvalue weighted by Gasteiger charge is -2.14. The van der Waals surface area contributed by atoms with Gasteiger partial charge in [-0.1, -0.05) is 6.92 Å². The molecule has 2 aromatic rings. The molecule has 0 amide bonds. The molecule has 1 aliphatic rings. The van der Waals surface area contributed by atoms with E-state index in [1.165, 1.54) is 17.7 Å². The molecule has 0 bridgehead atoms. The van der Waals surface area contributed by atoms with Crippen molar-refractivity contribution in [1.82, 2.24) is 19.5 Å². The zero-order chi connectivity index (χ0) is 17.0. The first kappa shape index (κ1) is 17.1. The fraction of sp³-hybridized carbons (Fsp3) is 0.529. The lowest BCUT2D eigenvalue weighted by molar-refractivity contribution is 0.538. The molecule has 0 saturated heterocycles. The average Bonchev–Trinajstić information content (AvgIpc) is 2.95. The molecule has 0 radical (unpaired) electrons. The number of sulfonamides is 1. The highest BCUT2D eigenvalue weighted by Gasteiger charge is 2.21. The molecule has 0 aliphatic heterocycles. The number of hydrogen-bond acceptors (Lipinski definition) is 4. The zero-order valence-corrected chi connectivity index (χ0v) is 14.8. The molecule has 3 rings (SSSR count). The smallest absolute Gasteiger partial charge is 0.211 e. The molecule has 0 atom stereocenters. The predicted molar refractivity (Wildman–Crippen MR) is 94.2 cm³/mol. The topological polar surface area (TPSA) is 76.9 Å². The number of pyridine rings is 1. The van der Waals surface area contributed by atoms with E-state index in [4.69, 9.17) is 5.10 Å². The second kappa shape index (κ2) is 7.44. The summed E-state index contributed by atoms with van der Waals surface area (Å²) in [4.78, 5) is 4.07. The van der Waals surface area contributed by atoms with Gasteiger partial charge in [0, 0.05) is 35.8 Å². The lowest BCUT2D eigenvalue weighted by Crippen LogP contribution is -2.30. The third-order valence-corrected chi connectivity index (χ3v) is 5.92. The van der Waals surface area contributed by atoms with Gasteiger partial charge in [-0.25, -0.2) is 13.1 Å². The van der Waals surface area contributed by atoms with E-state index in [0.29, 0.717) is 19.5 Å². The van der Waals surface area contributed by atoms with Crippen molar-refractivity contribution in [2.45, 2.75) is 45.6 Å². The van der Waals surface area contributed by atoms with Crippen molar-refractivity contribution in [3.63, 3.8) is 0 Å². The number of nitrogens with zero attached hydrogens (tertiary/aromatic N) is 3. The largest absolute Gasteiger partial charge is 0.267 e. The third kappa shape index (κ3) is 3.84. The Morgan fingerprint density at radius 2 is 1.96 bits per heavy atom. The molecular weight excluding hydrogens is 324 g/mol. The fourth-order valence-corrected chi connectivity index (χ4v) is 4.33. The van der Waals surface area contributed by atoms with Gasteiger partial charge < -0.3 is 0 Å². The molecule has 0 aromatic carbocycles. The van der Waals surface area contributed by atoms with E-state index in [2.05, 4.69) is 9.71 Å². The second-order valence-corrected chi connectivity index (χ2v) is 8.08. The summed E-state index contributed by atoms with van der Waals surface area (Å²) in [6.07, 6.45) is 8.57. The van der Waals surface area contributed by atoms with E-state index < -0.39 is 10.0 Å². The third-order valence-electron chi connectivity index (χ3n) is 4.33. The maximum Gasteiger partial charge on any atom is 0.211 e. The minimum atomic E-state index is -3.17. The van der Waals surface area contributed by atoms with Gasteiger partial charge in [0.2, 0.25) is 10.0 Å². The molecule has 2 aromatic heterocycles. The highest BCUT2D eigenvalue weighted by Crippen LogP contribution is 2.30. The van der Waals surface area contributed by atoms with Gasteiger partial charge in [0.1, 0.15) is 0 Å². The molecule has 2 heterocycles. The van der Waals surface area contributed by atoms with Crippen LogP contribution in [0, 0.1) is 0 Å². The van der Waals surface area contributed by atoms with Crippen LogP contribution in [-0.2, 0) is 29.4 Å². The molecule has 130 valence electrons. The van der Waals surface area contributed by atoms with Crippen LogP contribution in [0.1, 0.15) is 37.4 Å². The van der Waals surface area contributed by atoms with E-state index in [1.807, 2.05) is 23.7 Å². The van der Waals surface area contributed by atoms with Crippen LogP contribution in [0.3, 0.4) is 0 Å². The Hall–Kier alpha value is -1.73. The van der Waals surface area contributed by atoms with Gasteiger partial charge in [-0.15, -0.1) is 0 Å². The van der Waals surface area contributed by atoms with E-state index in [-0.39, 0.29) is 5.75 Å². The number of aromatic nitrogens is 3. The van der Waals surface area contributed by atoms with Crippen LogP contribution in [-0.4, -0.2) is 35.5 Å². The number of hydrogen-bond donors (Lipinski definition) is 1. The molecule has 1 N–H and O–H groups in total. The summed E-state index contributed by atoms with van der Waals surface area (Å²) in [7, 11) is -3.17. The average molecular weight is 348 g/mol. The van der Waals surface area contributed by atoms with Gasteiger partial charge in [0.15, 0.2) is 0 Å². The first-order chi connectivity index (χ1) is 11.6. The van der Waals surface area contributed by atoms with Crippen LogP contribution in [0.4, 0.5) is 0 Å². The second-order valence-electron chi connectivity index (χ2n) is 6.15. The molecule has 0 spiro atoms. The van der Waals surface area contributed by atoms with E-state index in [0.717, 1.165) is 30.5 Å². The summed E-state index contributed by atoms with van der Waals surface area (Å²) in [6, 6.07) is 3.96. The summed E-state index contributed by atoms with van der Waals surface area (Å²) < 4.78 is 28.2. The minimum Gasteiger partial charge on any atom is -0.267 e. The maximum absolute atomic E-state index is 11.8. The van der Waals surface area contributed by atoms with Crippen molar-refractivity contribution in [2.75, 3.05) is 12.3 Å². The summed E-state index contributed by atoms with van der Waals surface area (Å²) in [6.45, 7) is 2.81. The Morgan fingerprint density at radius 1 is 1.21 bits per heavy atom. The number of rotatable bonds is 7. The van der Waals surface area contributed by atoms with Crippen LogP contribution in [0.15, 0.2) is 24.5 Å². The van der Waals surface area contributed by atoms with Gasteiger partial charge >= 0.3 is 0 Å². The van der Waals surface area contributed by atoms with Gasteiger partial charge in [-0.05, 0) is 44.2 Å². The van der Waals surface area contributed by atoms with E-state index in [1.54, 1.807) is 12.4 Å². The van der Waals surface area contributed by atoms with Crippen molar-refractivity contribution < 1.29 is 8.42 Å². The molecule has 24 heavy (non-hydrogen) atoms. The SMILES string of the molecule is CCCS(=O)(=O)NCCn1nc(-c2ccncc2)c2c1CCCC2. The first-order valence-electron chi connectivity index (χ1n) is 8.57. The van der Waals surface area contributed by atoms with Crippen LogP contribution < -0.4 is 4.72 Å². The van der Waals surface area contributed by atoms with Gasteiger partial charge in [0.05, 0.1) is 18.0 Å². The van der Waals surface area contributed by atoms with Gasteiger partial charge in [-0.3, -0.25) is 9.67 Å². The first-order valence-corrected chi connectivity index (χ1v) is 10.2. The molecule has 7 heteroatoms. The van der Waals surface area contributed by atoms with E-state index in [9.17, 15) is 8.42 Å². The number of fused-ring (bicyclic) bond motifs is 1. The van der Waals surface area contributed by atoms with E-state index >= 15 is 0 Å². The van der Waals surface area contributed by atoms with Crippen LogP contribution in [0.25, 0.3) is 11.3 Å². The lowest BCUT2D eigenvalue weighted by atomic mass is 9.94. The van der Waals surface area contributed by atoms with Crippen molar-refractivity contribution in [1.29, 1.82) is 0 Å². The number of nitrogens with one attached hydrogen (secondary N) is 1. The Labute approximate surface area is 143 Å². The summed E-state index contributed by atoms with van der Waals surface area (Å²) >= 11 is 0. The zero-order valence-electron chi connectivity index (χ0n) is 14.0. The normalized spacial score (nSPS) is 14.5. The minimum absolute atomic E-state index is 0.173. The van der Waals surface area contributed by atoms with Crippen molar-refractivity contribution in [3.05, 3.63) is 35.8 Å². The monoisotopic (exact) mass is 348 g/mol. The Bertz CT molecular complexity index is 784. The van der Waals surface area contributed by atoms with Gasteiger partial charge in [-0.2, -0.15) is 5.10 Å². The molecule has 6 nitrogen and oxygen atoms in total. The molecule has 1 aliphatic carbocycles. The highest BCUT2D eigenvalue weighted by atomic mass is 32.2. The molecule has 0 saturated carbocycles. The quantitative estimate of drug-likeness (QED) is 0.832. The summed E-state index contributed by atoms with van der Waals surface area (Å²) in [5.74, 6) is 0.173. The standard InChI is InChI=1S/C17H24N4O2S/c1-2-13-24(22,23)19-11-12-21-16-6-4-3-5-15(16)17(20-21)14-7-9-18-10-8-14/h7-10,19H,2-6,11-13H2,1H3. The summed E-state index contributed by atoms with van der Waals surface area (Å²) in [5, 5.41) is 4.78. The fourth-order valence-electron chi connectivity index (χ4n) is 3.25. The predicted octanol–water partition coefficient (Wildman–Crippen LogP) is 2.15. The maximum atomic E-state index is 11.8. The molecular formula is C17H24N4O2S. The van der Waals surface area contributed by atoms with Crippen molar-refractivity contribution >= 4 is 10.0 Å².